The zero-order valence-electron chi connectivity index (χ0n) is 14.6. The number of aromatic nitrogens is 1. The van der Waals surface area contributed by atoms with Gasteiger partial charge in [-0.1, -0.05) is 11.6 Å². The predicted octanol–water partition coefficient (Wildman–Crippen LogP) is 0.793. The van der Waals surface area contributed by atoms with E-state index in [2.05, 4.69) is 10.3 Å². The van der Waals surface area contributed by atoms with E-state index in [4.69, 9.17) is 11.6 Å². The Bertz CT molecular complexity index is 658. The molecule has 1 aliphatic carbocycles. The fourth-order valence-corrected chi connectivity index (χ4v) is 3.63. The maximum atomic E-state index is 12.7. The number of carbonyl (C=O) groups excluding carboxylic acids is 1. The van der Waals surface area contributed by atoms with E-state index in [0.717, 1.165) is 25.4 Å². The summed E-state index contributed by atoms with van der Waals surface area (Å²) in [5.74, 6) is 1.18. The molecule has 2 aliphatic rings. The molecule has 0 aromatic carbocycles. The first-order valence-corrected chi connectivity index (χ1v) is 9.28. The summed E-state index contributed by atoms with van der Waals surface area (Å²) >= 11 is 6.04. The van der Waals surface area contributed by atoms with Gasteiger partial charge in [0.2, 0.25) is 0 Å². The summed E-state index contributed by atoms with van der Waals surface area (Å²) in [6.45, 7) is 5.19. The van der Waals surface area contributed by atoms with Gasteiger partial charge in [0.25, 0.3) is 11.7 Å². The number of anilines is 1. The number of nitrogens with one attached hydrogen (secondary N) is 3. The maximum Gasteiger partial charge on any atom is 0.419 e. The molecule has 0 spiro atoms. The summed E-state index contributed by atoms with van der Waals surface area (Å²) in [5, 5.41) is 3.11. The van der Waals surface area contributed by atoms with E-state index in [1.807, 2.05) is 11.8 Å². The van der Waals surface area contributed by atoms with Gasteiger partial charge in [0.15, 0.2) is 6.54 Å². The average molecular weight is 393 g/mol. The third-order valence-corrected chi connectivity index (χ3v) is 5.40. The Morgan fingerprint density at radius 2 is 2.08 bits per heavy atom. The van der Waals surface area contributed by atoms with Gasteiger partial charge in [-0.05, 0) is 31.7 Å². The van der Waals surface area contributed by atoms with Crippen LogP contribution in [0.3, 0.4) is 0 Å². The summed E-state index contributed by atoms with van der Waals surface area (Å²) in [6, 6.07) is 1.18. The van der Waals surface area contributed by atoms with Crippen molar-refractivity contribution >= 4 is 23.3 Å². The zero-order valence-corrected chi connectivity index (χ0v) is 15.4. The quantitative estimate of drug-likeness (QED) is 0.778. The van der Waals surface area contributed by atoms with Crippen LogP contribution in [0, 0.1) is 5.92 Å². The van der Waals surface area contributed by atoms with E-state index < -0.39 is 11.7 Å². The Hall–Kier alpha value is -1.54. The molecule has 0 bridgehead atoms. The first kappa shape index (κ1) is 19.2. The number of pyridine rings is 1. The van der Waals surface area contributed by atoms with Crippen LogP contribution in [0.15, 0.2) is 12.3 Å². The Labute approximate surface area is 155 Å². The molecule has 1 amide bonds. The third kappa shape index (κ3) is 4.79. The number of alkyl halides is 3. The van der Waals surface area contributed by atoms with Gasteiger partial charge in [-0.3, -0.25) is 4.79 Å². The number of quaternary nitrogens is 1. The zero-order chi connectivity index (χ0) is 18.9. The van der Waals surface area contributed by atoms with Gasteiger partial charge in [-0.15, -0.1) is 0 Å². The SMILES string of the molecule is C[C@H](NC(=O)C[NH+]1CCN(c2[nH+]cc(C(F)(F)F)cc2Cl)CC1)C1CC1. The standard InChI is InChI=1S/C17H22ClF3N4O/c1-11(12-2-3-12)23-15(26)10-24-4-6-25(7-5-24)16-14(18)8-13(9-22-16)17(19,20)21/h8-9,11-12H,2-7,10H2,1H3,(H,23,26)/p+2/t11-/m0/s1. The largest absolute Gasteiger partial charge is 0.419 e. The lowest BCUT2D eigenvalue weighted by Crippen LogP contribution is -3.16. The highest BCUT2D eigenvalue weighted by Crippen LogP contribution is 2.32. The number of aromatic amines is 1. The number of piperazine rings is 1. The van der Waals surface area contributed by atoms with Crippen molar-refractivity contribution in [2.75, 3.05) is 37.6 Å². The topological polar surface area (TPSA) is 50.9 Å². The number of halogens is 4. The molecule has 1 saturated heterocycles. The van der Waals surface area contributed by atoms with Gasteiger partial charge in [0, 0.05) is 6.04 Å². The third-order valence-electron chi connectivity index (χ3n) is 5.12. The van der Waals surface area contributed by atoms with Crippen molar-refractivity contribution < 1.29 is 27.8 Å². The van der Waals surface area contributed by atoms with E-state index >= 15 is 0 Å². The lowest BCUT2D eigenvalue weighted by atomic mass is 10.2. The van der Waals surface area contributed by atoms with Gasteiger partial charge in [-0.2, -0.15) is 13.2 Å². The van der Waals surface area contributed by atoms with Crippen molar-refractivity contribution in [3.8, 4) is 0 Å². The Balaban J connectivity index is 1.51. The van der Waals surface area contributed by atoms with E-state index in [1.54, 1.807) is 0 Å². The van der Waals surface area contributed by atoms with E-state index in [-0.39, 0.29) is 17.0 Å². The number of H-pyrrole nitrogens is 1. The summed E-state index contributed by atoms with van der Waals surface area (Å²) in [4.78, 5) is 17.9. The number of hydrogen-bond donors (Lipinski definition) is 2. The molecule has 1 atom stereocenters. The number of nitrogens with zero attached hydrogens (tertiary/aromatic N) is 1. The molecular formula is C17H24ClF3N4O+2. The Morgan fingerprint density at radius 1 is 1.42 bits per heavy atom. The fourth-order valence-electron chi connectivity index (χ4n) is 3.34. The molecule has 3 N–H and O–H groups in total. The molecule has 1 aromatic heterocycles. The maximum absolute atomic E-state index is 12.7. The van der Waals surface area contributed by atoms with Gasteiger partial charge >= 0.3 is 6.18 Å². The number of carbonyl (C=O) groups is 1. The monoisotopic (exact) mass is 392 g/mol. The van der Waals surface area contributed by atoms with Crippen LogP contribution in [0.1, 0.15) is 25.3 Å². The smallest absolute Gasteiger partial charge is 0.348 e. The minimum atomic E-state index is -4.42. The number of amides is 1. The summed E-state index contributed by atoms with van der Waals surface area (Å²) in [6.07, 6.45) is -1.10. The molecule has 2 fully saturated rings. The average Bonchev–Trinajstić information content (AvgIpc) is 3.39. The van der Waals surface area contributed by atoms with Crippen LogP contribution in [-0.4, -0.2) is 44.7 Å². The fraction of sp³-hybridized carbons (Fsp3) is 0.647. The highest BCUT2D eigenvalue weighted by Gasteiger charge is 2.35. The van der Waals surface area contributed by atoms with Crippen LogP contribution in [-0.2, 0) is 11.0 Å². The van der Waals surface area contributed by atoms with Crippen molar-refractivity contribution in [2.45, 2.75) is 32.0 Å². The second kappa shape index (κ2) is 7.60. The molecule has 1 aliphatic heterocycles. The van der Waals surface area contributed by atoms with Crippen LogP contribution >= 0.6 is 11.6 Å². The molecule has 26 heavy (non-hydrogen) atoms. The second-order valence-electron chi connectivity index (χ2n) is 7.19. The van der Waals surface area contributed by atoms with Crippen LogP contribution in [0.2, 0.25) is 5.02 Å². The van der Waals surface area contributed by atoms with Crippen molar-refractivity contribution in [1.82, 2.24) is 5.32 Å². The van der Waals surface area contributed by atoms with Gasteiger partial charge in [0.05, 0.1) is 5.56 Å². The molecule has 5 nitrogen and oxygen atoms in total. The molecule has 0 radical (unpaired) electrons. The lowest BCUT2D eigenvalue weighted by Gasteiger charge is -2.28. The molecule has 1 saturated carbocycles. The highest BCUT2D eigenvalue weighted by atomic mass is 35.5. The molecule has 0 unspecified atom stereocenters. The van der Waals surface area contributed by atoms with Crippen molar-refractivity contribution in [3.63, 3.8) is 0 Å². The van der Waals surface area contributed by atoms with Crippen molar-refractivity contribution in [3.05, 3.63) is 22.8 Å². The molecule has 9 heteroatoms. The number of rotatable bonds is 5. The van der Waals surface area contributed by atoms with Gasteiger partial charge in [0.1, 0.15) is 37.4 Å². The Morgan fingerprint density at radius 3 is 2.62 bits per heavy atom. The van der Waals surface area contributed by atoms with Crippen LogP contribution in [0.5, 0.6) is 0 Å². The Kier molecular flexibility index (Phi) is 5.62. The molecule has 2 heterocycles. The second-order valence-corrected chi connectivity index (χ2v) is 7.60. The summed E-state index contributed by atoms with van der Waals surface area (Å²) in [7, 11) is 0. The summed E-state index contributed by atoms with van der Waals surface area (Å²) in [5.41, 5.74) is -0.794. The van der Waals surface area contributed by atoms with Crippen LogP contribution in [0.4, 0.5) is 19.0 Å². The highest BCUT2D eigenvalue weighted by molar-refractivity contribution is 6.32. The normalized spacial score (nSPS) is 20.1. The van der Waals surface area contributed by atoms with E-state index in [0.29, 0.717) is 31.4 Å². The van der Waals surface area contributed by atoms with E-state index in [9.17, 15) is 18.0 Å². The van der Waals surface area contributed by atoms with Crippen molar-refractivity contribution in [1.29, 1.82) is 0 Å². The first-order valence-electron chi connectivity index (χ1n) is 8.90. The summed E-state index contributed by atoms with van der Waals surface area (Å²) < 4.78 is 38.2. The molecule has 3 rings (SSSR count). The first-order chi connectivity index (χ1) is 12.2. The van der Waals surface area contributed by atoms with Gasteiger partial charge < -0.3 is 10.2 Å². The molecular weight excluding hydrogens is 369 g/mol. The molecule has 144 valence electrons. The van der Waals surface area contributed by atoms with Crippen LogP contribution in [0.25, 0.3) is 0 Å². The predicted molar refractivity (Wildman–Crippen MR) is 91.1 cm³/mol. The van der Waals surface area contributed by atoms with E-state index in [1.165, 1.54) is 17.7 Å². The van der Waals surface area contributed by atoms with Crippen molar-refractivity contribution in [2.24, 2.45) is 5.92 Å². The van der Waals surface area contributed by atoms with Gasteiger partial charge in [-0.25, -0.2) is 9.88 Å². The minimum Gasteiger partial charge on any atom is -0.348 e. The lowest BCUT2D eigenvalue weighted by molar-refractivity contribution is -0.892. The molecule has 1 aromatic rings. The number of hydrogen-bond acceptors (Lipinski definition) is 2. The minimum absolute atomic E-state index is 0.0549. The van der Waals surface area contributed by atoms with Crippen LogP contribution < -0.4 is 20.1 Å².